The van der Waals surface area contributed by atoms with Crippen LogP contribution in [-0.2, 0) is 0 Å². The van der Waals surface area contributed by atoms with Crippen LogP contribution < -0.4 is 5.32 Å². The van der Waals surface area contributed by atoms with Crippen molar-refractivity contribution in [2.24, 2.45) is 0 Å². The average Bonchev–Trinajstić information content (AvgIpc) is 2.44. The molecule has 2 rings (SSSR count). The van der Waals surface area contributed by atoms with E-state index in [-0.39, 0.29) is 5.91 Å². The number of pyridine rings is 1. The van der Waals surface area contributed by atoms with Gasteiger partial charge >= 0.3 is 0 Å². The molecule has 1 aromatic carbocycles. The maximum Gasteiger partial charge on any atom is 0.251 e. The van der Waals surface area contributed by atoms with E-state index in [9.17, 15) is 4.79 Å². The third-order valence-electron chi connectivity index (χ3n) is 2.95. The number of hydrogen-bond donors (Lipinski definition) is 1. The van der Waals surface area contributed by atoms with Gasteiger partial charge in [0.1, 0.15) is 0 Å². The van der Waals surface area contributed by atoms with Crippen molar-refractivity contribution in [2.75, 3.05) is 6.54 Å². The summed E-state index contributed by atoms with van der Waals surface area (Å²) in [7, 11) is 0. The molecule has 100 valence electrons. The Labute approximate surface area is 121 Å². The predicted octanol–water partition coefficient (Wildman–Crippen LogP) is 3.53. The Bertz CT molecular complexity index is 571. The Morgan fingerprint density at radius 3 is 3.05 bits per heavy atom. The van der Waals surface area contributed by atoms with Gasteiger partial charge in [0.05, 0.1) is 5.52 Å². The van der Waals surface area contributed by atoms with Crippen molar-refractivity contribution in [1.82, 2.24) is 10.3 Å². The summed E-state index contributed by atoms with van der Waals surface area (Å²) in [6, 6.07) is 9.40. The zero-order chi connectivity index (χ0) is 13.7. The summed E-state index contributed by atoms with van der Waals surface area (Å²) in [6.07, 6.45) is 3.91. The molecule has 0 saturated heterocycles. The Hall–Kier alpha value is -1.42. The molecule has 0 saturated carbocycles. The molecule has 1 aromatic heterocycles. The zero-order valence-corrected chi connectivity index (χ0v) is 12.5. The van der Waals surface area contributed by atoms with Gasteiger partial charge in [-0.3, -0.25) is 9.78 Å². The van der Waals surface area contributed by atoms with Crippen LogP contribution >= 0.6 is 15.9 Å². The third-order valence-corrected chi connectivity index (χ3v) is 3.73. The monoisotopic (exact) mass is 320 g/mol. The van der Waals surface area contributed by atoms with Crippen LogP contribution in [0.15, 0.2) is 36.5 Å². The van der Waals surface area contributed by atoms with Crippen molar-refractivity contribution in [3.05, 3.63) is 42.1 Å². The number of carbonyl (C=O) groups is 1. The maximum atomic E-state index is 12.0. The normalized spacial score (nSPS) is 12.3. The van der Waals surface area contributed by atoms with Crippen LogP contribution in [0.25, 0.3) is 10.9 Å². The van der Waals surface area contributed by atoms with Crippen LogP contribution in [0.4, 0.5) is 0 Å². The molecule has 1 unspecified atom stereocenters. The molecule has 2 aromatic rings. The van der Waals surface area contributed by atoms with Crippen molar-refractivity contribution in [2.45, 2.75) is 24.6 Å². The molecule has 4 heteroatoms. The van der Waals surface area contributed by atoms with Gasteiger partial charge in [-0.2, -0.15) is 0 Å². The molecule has 0 radical (unpaired) electrons. The van der Waals surface area contributed by atoms with Gasteiger partial charge in [-0.25, -0.2) is 0 Å². The number of carbonyl (C=O) groups excluding carboxylic acids is 1. The second-order valence-corrected chi connectivity index (χ2v) is 5.80. The number of nitrogens with one attached hydrogen (secondary N) is 1. The number of fused-ring (bicyclic) bond motifs is 1. The summed E-state index contributed by atoms with van der Waals surface area (Å²) in [5.74, 6) is -0.0358. The van der Waals surface area contributed by atoms with E-state index in [1.54, 1.807) is 6.20 Å². The minimum Gasteiger partial charge on any atom is -0.351 e. The van der Waals surface area contributed by atoms with Crippen molar-refractivity contribution in [3.63, 3.8) is 0 Å². The quantitative estimate of drug-likeness (QED) is 0.856. The number of amides is 1. The smallest absolute Gasteiger partial charge is 0.251 e. The molecule has 1 heterocycles. The van der Waals surface area contributed by atoms with E-state index in [1.807, 2.05) is 30.3 Å². The van der Waals surface area contributed by atoms with E-state index in [0.29, 0.717) is 16.9 Å². The standard InChI is InChI=1S/C15H17BrN2O/c1-2-4-13(16)10-18-15(19)12-6-7-14-11(9-12)5-3-8-17-14/h3,5-9,13H,2,4,10H2,1H3,(H,18,19). The summed E-state index contributed by atoms with van der Waals surface area (Å²) < 4.78 is 0. The number of nitrogens with zero attached hydrogens (tertiary/aromatic N) is 1. The summed E-state index contributed by atoms with van der Waals surface area (Å²) in [5.41, 5.74) is 1.58. The second kappa shape index (κ2) is 6.66. The maximum absolute atomic E-state index is 12.0. The van der Waals surface area contributed by atoms with Crippen LogP contribution in [0.1, 0.15) is 30.1 Å². The molecule has 0 spiro atoms. The summed E-state index contributed by atoms with van der Waals surface area (Å²) in [4.78, 5) is 16.6. The van der Waals surface area contributed by atoms with E-state index < -0.39 is 0 Å². The predicted molar refractivity (Wildman–Crippen MR) is 81.7 cm³/mol. The molecule has 0 aliphatic carbocycles. The lowest BCUT2D eigenvalue weighted by Gasteiger charge is -2.10. The number of halogens is 1. The lowest BCUT2D eigenvalue weighted by molar-refractivity contribution is 0.0954. The van der Waals surface area contributed by atoms with Crippen LogP contribution in [0.3, 0.4) is 0 Å². The SMILES string of the molecule is CCCC(Br)CNC(=O)c1ccc2ncccc2c1. The van der Waals surface area contributed by atoms with Gasteiger partial charge in [0.15, 0.2) is 0 Å². The number of rotatable bonds is 5. The molecular formula is C15H17BrN2O. The first kappa shape index (κ1) is 14.0. The molecule has 3 nitrogen and oxygen atoms in total. The first-order valence-electron chi connectivity index (χ1n) is 6.47. The fourth-order valence-corrected chi connectivity index (χ4v) is 2.56. The summed E-state index contributed by atoms with van der Waals surface area (Å²) in [6.45, 7) is 2.78. The highest BCUT2D eigenvalue weighted by Gasteiger charge is 2.09. The Kier molecular flexibility index (Phi) is 4.91. The van der Waals surface area contributed by atoms with Gasteiger partial charge in [-0.15, -0.1) is 0 Å². The van der Waals surface area contributed by atoms with Crippen molar-refractivity contribution in [3.8, 4) is 0 Å². The highest BCUT2D eigenvalue weighted by Crippen LogP contribution is 2.13. The molecule has 0 aliphatic rings. The summed E-state index contributed by atoms with van der Waals surface area (Å²) >= 11 is 3.55. The molecule has 0 aliphatic heterocycles. The first-order valence-corrected chi connectivity index (χ1v) is 7.39. The molecule has 1 N–H and O–H groups in total. The van der Waals surface area contributed by atoms with Gasteiger partial charge in [0, 0.05) is 28.5 Å². The largest absolute Gasteiger partial charge is 0.351 e. The van der Waals surface area contributed by atoms with E-state index in [2.05, 4.69) is 33.2 Å². The zero-order valence-electron chi connectivity index (χ0n) is 10.9. The number of hydrogen-bond acceptors (Lipinski definition) is 2. The van der Waals surface area contributed by atoms with Crippen LogP contribution in [0.2, 0.25) is 0 Å². The molecule has 1 amide bonds. The topological polar surface area (TPSA) is 42.0 Å². The minimum absolute atomic E-state index is 0.0358. The molecule has 0 bridgehead atoms. The van der Waals surface area contributed by atoms with Gasteiger partial charge in [-0.1, -0.05) is 35.3 Å². The fourth-order valence-electron chi connectivity index (χ4n) is 1.94. The fraction of sp³-hybridized carbons (Fsp3) is 0.333. The van der Waals surface area contributed by atoms with Crippen LogP contribution in [-0.4, -0.2) is 22.3 Å². The Morgan fingerprint density at radius 2 is 2.26 bits per heavy atom. The van der Waals surface area contributed by atoms with Crippen molar-refractivity contribution in [1.29, 1.82) is 0 Å². The van der Waals surface area contributed by atoms with E-state index in [0.717, 1.165) is 23.7 Å². The molecular weight excluding hydrogens is 304 g/mol. The third kappa shape index (κ3) is 3.77. The Balaban J connectivity index is 2.05. The molecule has 19 heavy (non-hydrogen) atoms. The Morgan fingerprint density at radius 1 is 1.42 bits per heavy atom. The van der Waals surface area contributed by atoms with Crippen LogP contribution in [0.5, 0.6) is 0 Å². The van der Waals surface area contributed by atoms with Gasteiger partial charge in [-0.05, 0) is 30.7 Å². The molecule has 1 atom stereocenters. The van der Waals surface area contributed by atoms with Gasteiger partial charge < -0.3 is 5.32 Å². The molecule has 0 fully saturated rings. The first-order chi connectivity index (χ1) is 9.20. The van der Waals surface area contributed by atoms with Crippen LogP contribution in [0, 0.1) is 0 Å². The van der Waals surface area contributed by atoms with E-state index in [4.69, 9.17) is 0 Å². The van der Waals surface area contributed by atoms with Crippen molar-refractivity contribution >= 4 is 32.7 Å². The van der Waals surface area contributed by atoms with Gasteiger partial charge in [0.25, 0.3) is 5.91 Å². The van der Waals surface area contributed by atoms with E-state index in [1.165, 1.54) is 0 Å². The van der Waals surface area contributed by atoms with E-state index >= 15 is 0 Å². The van der Waals surface area contributed by atoms with Gasteiger partial charge in [0.2, 0.25) is 0 Å². The highest BCUT2D eigenvalue weighted by molar-refractivity contribution is 9.09. The number of benzene rings is 1. The minimum atomic E-state index is -0.0358. The highest BCUT2D eigenvalue weighted by atomic mass is 79.9. The van der Waals surface area contributed by atoms with Crippen molar-refractivity contribution < 1.29 is 4.79 Å². The lowest BCUT2D eigenvalue weighted by atomic mass is 10.1. The lowest BCUT2D eigenvalue weighted by Crippen LogP contribution is -2.29. The number of aromatic nitrogens is 1. The summed E-state index contributed by atoms with van der Waals surface area (Å²) in [5, 5.41) is 3.93. The number of alkyl halides is 1. The second-order valence-electron chi connectivity index (χ2n) is 4.51. The average molecular weight is 321 g/mol.